The molecule has 0 radical (unpaired) electrons. The van der Waals surface area contributed by atoms with E-state index in [1.807, 2.05) is 0 Å². The van der Waals surface area contributed by atoms with Gasteiger partial charge < -0.3 is 15.4 Å². The summed E-state index contributed by atoms with van der Waals surface area (Å²) < 4.78 is 4.43. The number of carbonyl (C=O) groups is 3. The minimum absolute atomic E-state index is 0.139. The third-order valence-corrected chi connectivity index (χ3v) is 3.77. The molecule has 27 heavy (non-hydrogen) atoms. The highest BCUT2D eigenvalue weighted by Crippen LogP contribution is 2.22. The lowest BCUT2D eigenvalue weighted by molar-refractivity contribution is -0.385. The van der Waals surface area contributed by atoms with Crippen LogP contribution in [-0.2, 0) is 9.53 Å². The molecule has 0 aliphatic heterocycles. The maximum absolute atomic E-state index is 12.4. The van der Waals surface area contributed by atoms with E-state index in [-0.39, 0.29) is 23.4 Å². The van der Waals surface area contributed by atoms with Gasteiger partial charge in [0, 0.05) is 28.4 Å². The molecular formula is C18H17N3O6. The van der Waals surface area contributed by atoms with Crippen molar-refractivity contribution in [3.8, 4) is 0 Å². The Morgan fingerprint density at radius 1 is 1.07 bits per heavy atom. The number of esters is 1. The van der Waals surface area contributed by atoms with Gasteiger partial charge in [-0.2, -0.15) is 0 Å². The number of benzene rings is 2. The van der Waals surface area contributed by atoms with Crippen LogP contribution >= 0.6 is 0 Å². The van der Waals surface area contributed by atoms with Crippen molar-refractivity contribution in [1.29, 1.82) is 0 Å². The average Bonchev–Trinajstić information content (AvgIpc) is 2.66. The van der Waals surface area contributed by atoms with Crippen molar-refractivity contribution >= 4 is 29.2 Å². The van der Waals surface area contributed by atoms with Gasteiger partial charge in [-0.05, 0) is 37.3 Å². The zero-order valence-electron chi connectivity index (χ0n) is 14.6. The molecule has 9 heteroatoms. The Morgan fingerprint density at radius 3 is 2.33 bits per heavy atom. The van der Waals surface area contributed by atoms with E-state index in [0.29, 0.717) is 11.3 Å². The molecule has 0 aromatic heterocycles. The normalized spacial score (nSPS) is 10.0. The summed E-state index contributed by atoms with van der Waals surface area (Å²) in [5, 5.41) is 16.0. The Labute approximate surface area is 154 Å². The maximum Gasteiger partial charge on any atom is 0.325 e. The highest BCUT2D eigenvalue weighted by Gasteiger charge is 2.18. The lowest BCUT2D eigenvalue weighted by Crippen LogP contribution is -2.30. The van der Waals surface area contributed by atoms with Gasteiger partial charge in [-0.3, -0.25) is 24.5 Å². The van der Waals surface area contributed by atoms with Crippen LogP contribution in [0.3, 0.4) is 0 Å². The molecule has 0 saturated carbocycles. The van der Waals surface area contributed by atoms with Gasteiger partial charge >= 0.3 is 5.97 Å². The fourth-order valence-corrected chi connectivity index (χ4v) is 2.30. The molecule has 2 rings (SSSR count). The summed E-state index contributed by atoms with van der Waals surface area (Å²) in [6, 6.07) is 10.2. The fraction of sp³-hybridized carbons (Fsp3) is 0.167. The van der Waals surface area contributed by atoms with Crippen LogP contribution in [0.25, 0.3) is 0 Å². The van der Waals surface area contributed by atoms with Crippen molar-refractivity contribution in [2.75, 3.05) is 19.0 Å². The molecule has 0 heterocycles. The molecule has 2 amide bonds. The molecule has 9 nitrogen and oxygen atoms in total. The van der Waals surface area contributed by atoms with Gasteiger partial charge in [0.2, 0.25) is 0 Å². The minimum Gasteiger partial charge on any atom is -0.468 e. The van der Waals surface area contributed by atoms with E-state index in [0.717, 1.165) is 0 Å². The van der Waals surface area contributed by atoms with Crippen LogP contribution in [-0.4, -0.2) is 36.4 Å². The Morgan fingerprint density at radius 2 is 1.74 bits per heavy atom. The number of nitro benzene ring substituents is 1. The summed E-state index contributed by atoms with van der Waals surface area (Å²) in [7, 11) is 1.22. The highest BCUT2D eigenvalue weighted by atomic mass is 16.6. The van der Waals surface area contributed by atoms with Crippen molar-refractivity contribution in [1.82, 2.24) is 5.32 Å². The van der Waals surface area contributed by atoms with Gasteiger partial charge in [0.05, 0.1) is 12.0 Å². The number of nitrogens with zero attached hydrogens (tertiary/aromatic N) is 1. The first-order chi connectivity index (χ1) is 12.8. The largest absolute Gasteiger partial charge is 0.468 e. The summed E-state index contributed by atoms with van der Waals surface area (Å²) >= 11 is 0. The monoisotopic (exact) mass is 371 g/mol. The molecule has 2 aromatic rings. The quantitative estimate of drug-likeness (QED) is 0.454. The van der Waals surface area contributed by atoms with Crippen molar-refractivity contribution in [2.24, 2.45) is 0 Å². The second-order valence-corrected chi connectivity index (χ2v) is 5.50. The van der Waals surface area contributed by atoms with E-state index in [4.69, 9.17) is 0 Å². The Balaban J connectivity index is 2.07. The predicted molar refractivity (Wildman–Crippen MR) is 96.6 cm³/mol. The number of hydrogen-bond acceptors (Lipinski definition) is 6. The first-order valence-corrected chi connectivity index (χ1v) is 7.84. The van der Waals surface area contributed by atoms with Gasteiger partial charge in [0.15, 0.2) is 0 Å². The lowest BCUT2D eigenvalue weighted by atomic mass is 10.1. The van der Waals surface area contributed by atoms with Gasteiger partial charge in [-0.15, -0.1) is 0 Å². The minimum atomic E-state index is -0.570. The van der Waals surface area contributed by atoms with Crippen LogP contribution in [0.4, 0.5) is 11.4 Å². The van der Waals surface area contributed by atoms with Crippen LogP contribution in [0.15, 0.2) is 42.5 Å². The highest BCUT2D eigenvalue weighted by molar-refractivity contribution is 6.06. The van der Waals surface area contributed by atoms with E-state index in [1.165, 1.54) is 56.5 Å². The fourth-order valence-electron chi connectivity index (χ4n) is 2.30. The molecule has 0 saturated heterocycles. The van der Waals surface area contributed by atoms with Crippen LogP contribution in [0.1, 0.15) is 26.3 Å². The maximum atomic E-state index is 12.4. The summed E-state index contributed by atoms with van der Waals surface area (Å²) in [5.74, 6) is -1.54. The standard InChI is InChI=1S/C18H17N3O6/c1-11-14(4-3-5-15(11)21(25)26)18(24)20-13-8-6-12(7-9-13)17(23)19-10-16(22)27-2/h3-9H,10H2,1-2H3,(H,19,23)(H,20,24). The molecule has 2 N–H and O–H groups in total. The number of methoxy groups -OCH3 is 1. The third kappa shape index (κ3) is 4.88. The number of anilines is 1. The van der Waals surface area contributed by atoms with Crippen LogP contribution in [0.2, 0.25) is 0 Å². The molecule has 2 aromatic carbocycles. The zero-order valence-corrected chi connectivity index (χ0v) is 14.6. The van der Waals surface area contributed by atoms with Crippen LogP contribution in [0, 0.1) is 17.0 Å². The SMILES string of the molecule is COC(=O)CNC(=O)c1ccc(NC(=O)c2cccc([N+](=O)[O-])c2C)cc1. The van der Waals surface area contributed by atoms with E-state index in [9.17, 15) is 24.5 Å². The summed E-state index contributed by atoms with van der Waals surface area (Å²) in [6.07, 6.45) is 0. The summed E-state index contributed by atoms with van der Waals surface area (Å²) in [4.78, 5) is 45.7. The molecule has 0 fully saturated rings. The molecule has 0 bridgehead atoms. The molecule has 0 atom stereocenters. The summed E-state index contributed by atoms with van der Waals surface area (Å²) in [5.41, 5.74) is 1.02. The van der Waals surface area contributed by atoms with Gasteiger partial charge in [0.25, 0.3) is 17.5 Å². The molecule has 0 unspecified atom stereocenters. The Kier molecular flexibility index (Phi) is 6.21. The van der Waals surface area contributed by atoms with Gasteiger partial charge in [-0.25, -0.2) is 0 Å². The van der Waals surface area contributed by atoms with E-state index < -0.39 is 22.7 Å². The van der Waals surface area contributed by atoms with Gasteiger partial charge in [-0.1, -0.05) is 6.07 Å². The second kappa shape index (κ2) is 8.56. The zero-order chi connectivity index (χ0) is 20.0. The molecular weight excluding hydrogens is 354 g/mol. The number of carbonyl (C=O) groups excluding carboxylic acids is 3. The first-order valence-electron chi connectivity index (χ1n) is 7.84. The number of nitro groups is 1. The summed E-state index contributed by atoms with van der Waals surface area (Å²) in [6.45, 7) is 1.25. The number of rotatable bonds is 6. The van der Waals surface area contributed by atoms with Crippen molar-refractivity contribution in [3.63, 3.8) is 0 Å². The van der Waals surface area contributed by atoms with E-state index in [1.54, 1.807) is 0 Å². The van der Waals surface area contributed by atoms with Crippen molar-refractivity contribution < 1.29 is 24.0 Å². The number of nitrogens with one attached hydrogen (secondary N) is 2. The predicted octanol–water partition coefficient (Wildman–Crippen LogP) is 2.06. The Hall–Kier alpha value is -3.75. The first kappa shape index (κ1) is 19.6. The third-order valence-electron chi connectivity index (χ3n) is 3.77. The topological polar surface area (TPSA) is 128 Å². The van der Waals surface area contributed by atoms with Crippen LogP contribution < -0.4 is 10.6 Å². The molecule has 0 aliphatic rings. The molecule has 0 aliphatic carbocycles. The van der Waals surface area contributed by atoms with E-state index in [2.05, 4.69) is 15.4 Å². The van der Waals surface area contributed by atoms with Gasteiger partial charge in [0.1, 0.15) is 6.54 Å². The van der Waals surface area contributed by atoms with Crippen molar-refractivity contribution in [2.45, 2.75) is 6.92 Å². The average molecular weight is 371 g/mol. The molecule has 0 spiro atoms. The molecule has 140 valence electrons. The number of hydrogen-bond donors (Lipinski definition) is 2. The van der Waals surface area contributed by atoms with Crippen LogP contribution in [0.5, 0.6) is 0 Å². The second-order valence-electron chi connectivity index (χ2n) is 5.50. The Bertz CT molecular complexity index is 892. The van der Waals surface area contributed by atoms with Crippen molar-refractivity contribution in [3.05, 3.63) is 69.3 Å². The number of ether oxygens (including phenoxy) is 1. The van der Waals surface area contributed by atoms with E-state index >= 15 is 0 Å². The smallest absolute Gasteiger partial charge is 0.325 e. The number of amides is 2. The lowest BCUT2D eigenvalue weighted by Gasteiger charge is -2.09.